The Morgan fingerprint density at radius 3 is 2.62 bits per heavy atom. The van der Waals surface area contributed by atoms with Gasteiger partial charge < -0.3 is 15.3 Å². The Balaban J connectivity index is 1.96. The molecule has 0 aromatic heterocycles. The molecule has 0 saturated carbocycles. The smallest absolute Gasteiger partial charge is 0.302 e. The molecule has 3 rings (SSSR count). The summed E-state index contributed by atoms with van der Waals surface area (Å²) in [6.45, 7) is 1.87. The number of nitro groups is 2. The zero-order valence-electron chi connectivity index (χ0n) is 15.8. The number of rotatable bonds is 6. The number of benzene rings is 2. The van der Waals surface area contributed by atoms with Gasteiger partial charge in [-0.05, 0) is 37.5 Å². The van der Waals surface area contributed by atoms with E-state index >= 15 is 0 Å². The number of aliphatic hydroxyl groups excluding tert-OH is 1. The fraction of sp³-hybridized carbons (Fsp3) is 0.368. The summed E-state index contributed by atoms with van der Waals surface area (Å²) < 4.78 is 14.1. The first-order valence-corrected chi connectivity index (χ1v) is 9.15. The summed E-state index contributed by atoms with van der Waals surface area (Å²) in [5.74, 6) is -0.367. The number of halogens is 1. The van der Waals surface area contributed by atoms with E-state index in [4.69, 9.17) is 0 Å². The van der Waals surface area contributed by atoms with E-state index in [1.54, 1.807) is 18.2 Å². The van der Waals surface area contributed by atoms with Crippen molar-refractivity contribution in [3.8, 4) is 0 Å². The van der Waals surface area contributed by atoms with E-state index < -0.39 is 27.8 Å². The van der Waals surface area contributed by atoms with Crippen LogP contribution in [0.2, 0.25) is 0 Å². The second kappa shape index (κ2) is 8.39. The summed E-state index contributed by atoms with van der Waals surface area (Å²) in [6, 6.07) is 7.14. The molecule has 1 fully saturated rings. The first-order chi connectivity index (χ1) is 13.8. The van der Waals surface area contributed by atoms with Gasteiger partial charge in [0.2, 0.25) is 0 Å². The van der Waals surface area contributed by atoms with Crippen molar-refractivity contribution in [1.82, 2.24) is 0 Å². The van der Waals surface area contributed by atoms with Gasteiger partial charge in [0.15, 0.2) is 5.69 Å². The maximum Gasteiger partial charge on any atom is 0.302 e. The normalized spacial score (nSPS) is 16.5. The number of nitrogens with zero attached hydrogens (tertiary/aromatic N) is 3. The second-order valence-corrected chi connectivity index (χ2v) is 6.96. The lowest BCUT2D eigenvalue weighted by Gasteiger charge is -2.35. The lowest BCUT2D eigenvalue weighted by molar-refractivity contribution is -0.392. The molecule has 2 N–H and O–H groups in total. The fourth-order valence-electron chi connectivity index (χ4n) is 3.71. The Bertz CT molecular complexity index is 952. The van der Waals surface area contributed by atoms with Gasteiger partial charge in [-0.2, -0.15) is 0 Å². The van der Waals surface area contributed by atoms with E-state index in [0.717, 1.165) is 6.07 Å². The summed E-state index contributed by atoms with van der Waals surface area (Å²) >= 11 is 0. The minimum atomic E-state index is -0.703. The van der Waals surface area contributed by atoms with Crippen LogP contribution in [0.3, 0.4) is 0 Å². The summed E-state index contributed by atoms with van der Waals surface area (Å²) in [7, 11) is 0. The van der Waals surface area contributed by atoms with Gasteiger partial charge >= 0.3 is 5.69 Å². The Hall–Kier alpha value is -3.27. The van der Waals surface area contributed by atoms with Crippen molar-refractivity contribution in [3.63, 3.8) is 0 Å². The maximum atomic E-state index is 14.1. The van der Waals surface area contributed by atoms with Crippen LogP contribution in [0.1, 0.15) is 24.0 Å². The molecule has 0 aliphatic carbocycles. The van der Waals surface area contributed by atoms with Crippen molar-refractivity contribution in [1.29, 1.82) is 0 Å². The molecule has 1 heterocycles. The molecule has 0 spiro atoms. The molecule has 1 aliphatic heterocycles. The highest BCUT2D eigenvalue weighted by molar-refractivity contribution is 5.78. The number of hydrogen-bond donors (Lipinski definition) is 2. The quantitative estimate of drug-likeness (QED) is 0.558. The van der Waals surface area contributed by atoms with E-state index in [9.17, 15) is 29.7 Å². The van der Waals surface area contributed by atoms with E-state index in [1.807, 2.05) is 4.90 Å². The topological polar surface area (TPSA) is 122 Å². The van der Waals surface area contributed by atoms with Crippen molar-refractivity contribution in [2.45, 2.75) is 32.4 Å². The molecule has 0 bridgehead atoms. The highest BCUT2D eigenvalue weighted by atomic mass is 19.1. The first kappa shape index (κ1) is 20.5. The number of hydrogen-bond acceptors (Lipinski definition) is 7. The molecule has 10 heteroatoms. The van der Waals surface area contributed by atoms with Crippen LogP contribution in [0.25, 0.3) is 0 Å². The Labute approximate surface area is 166 Å². The standard InChI is InChI=1S/C19H21FN4O5/c1-12-13(11-25)9-17(23(26)27)18(19(12)24(28)29)21-14-5-4-8-22(10-14)16-7-3-2-6-15(16)20/h2-3,6-7,9,14,21,25H,4-5,8,10-11H2,1H3. The van der Waals surface area contributed by atoms with Crippen LogP contribution in [0, 0.1) is 33.0 Å². The maximum absolute atomic E-state index is 14.1. The van der Waals surface area contributed by atoms with Crippen LogP contribution in [0.4, 0.5) is 27.1 Å². The number of piperidine rings is 1. The second-order valence-electron chi connectivity index (χ2n) is 6.96. The van der Waals surface area contributed by atoms with Crippen molar-refractivity contribution in [2.24, 2.45) is 0 Å². The van der Waals surface area contributed by atoms with Gasteiger partial charge in [-0.1, -0.05) is 12.1 Å². The lowest BCUT2D eigenvalue weighted by atomic mass is 10.0. The predicted molar refractivity (Wildman–Crippen MR) is 106 cm³/mol. The van der Waals surface area contributed by atoms with Gasteiger partial charge in [0.25, 0.3) is 5.69 Å². The highest BCUT2D eigenvalue weighted by Gasteiger charge is 2.33. The van der Waals surface area contributed by atoms with Crippen LogP contribution in [-0.4, -0.2) is 34.1 Å². The first-order valence-electron chi connectivity index (χ1n) is 9.15. The Morgan fingerprint density at radius 1 is 1.28 bits per heavy atom. The van der Waals surface area contributed by atoms with Crippen LogP contribution in [0.5, 0.6) is 0 Å². The summed E-state index contributed by atoms with van der Waals surface area (Å²) in [6.07, 6.45) is 1.32. The van der Waals surface area contributed by atoms with Gasteiger partial charge in [0.1, 0.15) is 5.82 Å². The SMILES string of the molecule is Cc1c(CO)cc([N+](=O)[O-])c(NC2CCCN(c3ccccc3F)C2)c1[N+](=O)[O-]. The Kier molecular flexibility index (Phi) is 5.92. The van der Waals surface area contributed by atoms with Gasteiger partial charge in [-0.25, -0.2) is 4.39 Å². The predicted octanol–water partition coefficient (Wildman–Crippen LogP) is 3.52. The number of para-hydroxylation sites is 1. The number of anilines is 2. The van der Waals surface area contributed by atoms with Crippen LogP contribution < -0.4 is 10.2 Å². The van der Waals surface area contributed by atoms with Crippen LogP contribution in [-0.2, 0) is 6.61 Å². The lowest BCUT2D eigenvalue weighted by Crippen LogP contribution is -2.42. The third-order valence-corrected chi connectivity index (χ3v) is 5.15. The molecule has 2 aromatic rings. The molecule has 0 amide bonds. The Morgan fingerprint density at radius 2 is 2.00 bits per heavy atom. The van der Waals surface area contributed by atoms with Crippen molar-refractivity contribution < 1.29 is 19.3 Å². The third-order valence-electron chi connectivity index (χ3n) is 5.15. The van der Waals surface area contributed by atoms with Crippen molar-refractivity contribution in [3.05, 3.63) is 67.5 Å². The summed E-state index contributed by atoms with van der Waals surface area (Å²) in [4.78, 5) is 23.6. The molecule has 2 aromatic carbocycles. The molecule has 9 nitrogen and oxygen atoms in total. The summed E-state index contributed by atoms with van der Waals surface area (Å²) in [5.41, 5.74) is -0.344. The van der Waals surface area contributed by atoms with Crippen molar-refractivity contribution >= 4 is 22.7 Å². The van der Waals surface area contributed by atoms with E-state index in [1.165, 1.54) is 13.0 Å². The molecular formula is C19H21FN4O5. The van der Waals surface area contributed by atoms with Crippen LogP contribution >= 0.6 is 0 Å². The average molecular weight is 404 g/mol. The molecule has 1 saturated heterocycles. The molecule has 1 aliphatic rings. The minimum absolute atomic E-state index is 0.130. The molecule has 0 radical (unpaired) electrons. The van der Waals surface area contributed by atoms with Crippen molar-refractivity contribution in [2.75, 3.05) is 23.3 Å². The highest BCUT2D eigenvalue weighted by Crippen LogP contribution is 2.40. The number of aliphatic hydroxyl groups is 1. The molecule has 154 valence electrons. The monoisotopic (exact) mass is 404 g/mol. The third kappa shape index (κ3) is 4.11. The van der Waals surface area contributed by atoms with Gasteiger partial charge in [0.05, 0.1) is 22.1 Å². The largest absolute Gasteiger partial charge is 0.392 e. The van der Waals surface area contributed by atoms with Gasteiger partial charge in [0, 0.05) is 30.8 Å². The molecule has 1 unspecified atom stereocenters. The van der Waals surface area contributed by atoms with E-state index in [-0.39, 0.29) is 28.7 Å². The average Bonchev–Trinajstić information content (AvgIpc) is 2.68. The minimum Gasteiger partial charge on any atom is -0.392 e. The van der Waals surface area contributed by atoms with Crippen LogP contribution in [0.15, 0.2) is 30.3 Å². The fourth-order valence-corrected chi connectivity index (χ4v) is 3.71. The zero-order valence-corrected chi connectivity index (χ0v) is 15.8. The number of nitro benzene ring substituents is 2. The zero-order chi connectivity index (χ0) is 21.1. The molecular weight excluding hydrogens is 383 g/mol. The summed E-state index contributed by atoms with van der Waals surface area (Å²) in [5, 5.41) is 35.6. The molecule has 1 atom stereocenters. The number of nitrogens with one attached hydrogen (secondary N) is 1. The van der Waals surface area contributed by atoms with Gasteiger partial charge in [-0.15, -0.1) is 0 Å². The van der Waals surface area contributed by atoms with E-state index in [0.29, 0.717) is 31.6 Å². The van der Waals surface area contributed by atoms with E-state index in [2.05, 4.69) is 5.32 Å². The van der Waals surface area contributed by atoms with Gasteiger partial charge in [-0.3, -0.25) is 20.2 Å². The molecule has 29 heavy (non-hydrogen) atoms.